The first kappa shape index (κ1) is 13.1. The van der Waals surface area contributed by atoms with Crippen LogP contribution in [0.4, 0.5) is 0 Å². The number of hydrogen-bond donors (Lipinski definition) is 4. The third kappa shape index (κ3) is 1.98. The Bertz CT molecular complexity index is 688. The lowest BCUT2D eigenvalue weighted by atomic mass is 10.0. The minimum absolute atomic E-state index is 0.139. The molecule has 20 heavy (non-hydrogen) atoms. The molecule has 2 aromatic rings. The molecule has 4 unspecified atom stereocenters. The molecule has 4 N–H and O–H groups in total. The van der Waals surface area contributed by atoms with E-state index in [2.05, 4.69) is 15.0 Å². The summed E-state index contributed by atoms with van der Waals surface area (Å²) in [5.41, 5.74) is 0.432. The molecular weight excluding hydrogens is 266 g/mol. The first-order chi connectivity index (χ1) is 9.61. The number of pyridine rings is 1. The molecule has 3 rings (SSSR count). The minimum Gasteiger partial charge on any atom is -0.394 e. The van der Waals surface area contributed by atoms with Gasteiger partial charge in [0.05, 0.1) is 12.2 Å². The van der Waals surface area contributed by atoms with Crippen molar-refractivity contribution in [3.05, 3.63) is 34.4 Å². The number of ether oxygens (including phenoxy) is 1. The summed E-state index contributed by atoms with van der Waals surface area (Å²) in [7, 11) is 0. The van der Waals surface area contributed by atoms with Crippen LogP contribution in [0.25, 0.3) is 11.2 Å². The van der Waals surface area contributed by atoms with Gasteiger partial charge in [0.2, 0.25) is 0 Å². The number of aliphatic hydroxyl groups is 3. The van der Waals surface area contributed by atoms with Crippen molar-refractivity contribution in [1.29, 1.82) is 0 Å². The predicted octanol–water partition coefficient (Wildman–Crippen LogP) is -1.53. The van der Waals surface area contributed by atoms with Gasteiger partial charge >= 0.3 is 0 Å². The number of nitrogens with zero attached hydrogens (tertiary/aromatic N) is 2. The molecule has 0 aromatic carbocycles. The lowest BCUT2D eigenvalue weighted by molar-refractivity contribution is -0.0231. The number of aromatic nitrogens is 3. The zero-order valence-corrected chi connectivity index (χ0v) is 10.3. The number of aliphatic hydroxyl groups excluding tert-OH is 3. The largest absolute Gasteiger partial charge is 0.394 e. The van der Waals surface area contributed by atoms with E-state index in [1.54, 1.807) is 0 Å². The van der Waals surface area contributed by atoms with E-state index in [-0.39, 0.29) is 5.56 Å². The van der Waals surface area contributed by atoms with Gasteiger partial charge in [-0.1, -0.05) is 0 Å². The van der Waals surface area contributed by atoms with Crippen LogP contribution in [0.15, 0.2) is 23.3 Å². The van der Waals surface area contributed by atoms with Crippen molar-refractivity contribution in [2.24, 2.45) is 0 Å². The summed E-state index contributed by atoms with van der Waals surface area (Å²) in [6, 6.07) is 1.46. The molecule has 1 aliphatic rings. The van der Waals surface area contributed by atoms with Gasteiger partial charge in [0.25, 0.3) is 5.56 Å². The zero-order chi connectivity index (χ0) is 14.3. The van der Waals surface area contributed by atoms with E-state index in [1.165, 1.54) is 18.5 Å². The second kappa shape index (κ2) is 4.91. The standard InChI is InChI=1S/C12H13N3O5/c16-4-7-8(17)9(18)10(20-7)5-3-6-11(15-12(5)19)14-2-1-13-6/h1-3,7-10,16-18H,4H2,(H,14,15,19). The second-order valence-corrected chi connectivity index (χ2v) is 4.60. The van der Waals surface area contributed by atoms with Crippen LogP contribution in [0.1, 0.15) is 11.7 Å². The van der Waals surface area contributed by atoms with Gasteiger partial charge in [0, 0.05) is 12.4 Å². The van der Waals surface area contributed by atoms with Crippen LogP contribution in [0.3, 0.4) is 0 Å². The third-order valence-corrected chi connectivity index (χ3v) is 3.36. The molecular formula is C12H13N3O5. The van der Waals surface area contributed by atoms with Crippen molar-refractivity contribution in [1.82, 2.24) is 15.0 Å². The van der Waals surface area contributed by atoms with E-state index in [0.29, 0.717) is 11.2 Å². The fourth-order valence-corrected chi connectivity index (χ4v) is 2.31. The molecule has 106 valence electrons. The summed E-state index contributed by atoms with van der Waals surface area (Å²) in [4.78, 5) is 22.6. The number of aromatic amines is 1. The van der Waals surface area contributed by atoms with Crippen LogP contribution in [0, 0.1) is 0 Å². The molecule has 0 bridgehead atoms. The fourth-order valence-electron chi connectivity index (χ4n) is 2.31. The number of H-pyrrole nitrogens is 1. The normalized spacial score (nSPS) is 29.9. The number of rotatable bonds is 2. The van der Waals surface area contributed by atoms with E-state index < -0.39 is 36.6 Å². The van der Waals surface area contributed by atoms with Crippen molar-refractivity contribution >= 4 is 11.2 Å². The number of nitrogens with one attached hydrogen (secondary N) is 1. The average molecular weight is 279 g/mol. The lowest BCUT2D eigenvalue weighted by Crippen LogP contribution is -2.33. The maximum Gasteiger partial charge on any atom is 0.255 e. The highest BCUT2D eigenvalue weighted by Gasteiger charge is 2.44. The Morgan fingerprint density at radius 2 is 2.00 bits per heavy atom. The topological polar surface area (TPSA) is 129 Å². The van der Waals surface area contributed by atoms with Crippen LogP contribution >= 0.6 is 0 Å². The Kier molecular flexibility index (Phi) is 3.22. The van der Waals surface area contributed by atoms with Gasteiger partial charge in [-0.2, -0.15) is 0 Å². The molecule has 8 heteroatoms. The van der Waals surface area contributed by atoms with Gasteiger partial charge in [-0.3, -0.25) is 9.78 Å². The molecule has 0 saturated carbocycles. The van der Waals surface area contributed by atoms with Gasteiger partial charge in [0.15, 0.2) is 5.65 Å². The predicted molar refractivity (Wildman–Crippen MR) is 66.9 cm³/mol. The third-order valence-electron chi connectivity index (χ3n) is 3.36. The van der Waals surface area contributed by atoms with E-state index in [9.17, 15) is 15.0 Å². The zero-order valence-electron chi connectivity index (χ0n) is 10.3. The summed E-state index contributed by atoms with van der Waals surface area (Å²) >= 11 is 0. The van der Waals surface area contributed by atoms with Gasteiger partial charge in [-0.15, -0.1) is 0 Å². The Labute approximate surface area is 112 Å². The first-order valence-electron chi connectivity index (χ1n) is 6.08. The summed E-state index contributed by atoms with van der Waals surface area (Å²) in [5.74, 6) is 0. The van der Waals surface area contributed by atoms with Crippen molar-refractivity contribution in [3.63, 3.8) is 0 Å². The summed E-state index contributed by atoms with van der Waals surface area (Å²) in [6.07, 6.45) is -1.56. The van der Waals surface area contributed by atoms with E-state index in [4.69, 9.17) is 9.84 Å². The van der Waals surface area contributed by atoms with Crippen molar-refractivity contribution < 1.29 is 20.1 Å². The van der Waals surface area contributed by atoms with Gasteiger partial charge in [-0.05, 0) is 6.07 Å². The summed E-state index contributed by atoms with van der Waals surface area (Å²) in [5, 5.41) is 28.7. The Balaban J connectivity index is 2.06. The number of fused-ring (bicyclic) bond motifs is 1. The summed E-state index contributed by atoms with van der Waals surface area (Å²) < 4.78 is 5.33. The van der Waals surface area contributed by atoms with Gasteiger partial charge in [0.1, 0.15) is 29.9 Å². The van der Waals surface area contributed by atoms with Crippen molar-refractivity contribution in [2.75, 3.05) is 6.61 Å². The highest BCUT2D eigenvalue weighted by atomic mass is 16.6. The fraction of sp³-hybridized carbons (Fsp3) is 0.417. The van der Waals surface area contributed by atoms with E-state index >= 15 is 0 Å². The SMILES string of the molecule is O=c1[nH]c2nccnc2cc1C1OC(CO)C(O)C1O. The minimum atomic E-state index is -1.29. The van der Waals surface area contributed by atoms with Crippen LogP contribution in [0.2, 0.25) is 0 Å². The van der Waals surface area contributed by atoms with Gasteiger partial charge in [-0.25, -0.2) is 4.98 Å². The summed E-state index contributed by atoms with van der Waals surface area (Å²) in [6.45, 7) is -0.444. The van der Waals surface area contributed by atoms with Crippen LogP contribution in [-0.4, -0.2) is 55.2 Å². The van der Waals surface area contributed by atoms with Crippen molar-refractivity contribution in [3.8, 4) is 0 Å². The van der Waals surface area contributed by atoms with Crippen LogP contribution in [-0.2, 0) is 4.74 Å². The molecule has 0 radical (unpaired) electrons. The molecule has 3 heterocycles. The highest BCUT2D eigenvalue weighted by molar-refractivity contribution is 5.69. The molecule has 0 spiro atoms. The molecule has 2 aromatic heterocycles. The quantitative estimate of drug-likeness (QED) is 0.525. The molecule has 0 amide bonds. The number of hydrogen-bond acceptors (Lipinski definition) is 7. The molecule has 1 aliphatic heterocycles. The van der Waals surface area contributed by atoms with Crippen LogP contribution < -0.4 is 5.56 Å². The Hall–Kier alpha value is -1.87. The molecule has 4 atom stereocenters. The maximum atomic E-state index is 12.0. The molecule has 1 saturated heterocycles. The van der Waals surface area contributed by atoms with E-state index in [1.807, 2.05) is 0 Å². The lowest BCUT2D eigenvalue weighted by Gasteiger charge is -2.14. The Morgan fingerprint density at radius 1 is 1.25 bits per heavy atom. The molecule has 0 aliphatic carbocycles. The smallest absolute Gasteiger partial charge is 0.255 e. The van der Waals surface area contributed by atoms with Crippen molar-refractivity contribution in [2.45, 2.75) is 24.4 Å². The van der Waals surface area contributed by atoms with Crippen LogP contribution in [0.5, 0.6) is 0 Å². The highest BCUT2D eigenvalue weighted by Crippen LogP contribution is 2.32. The first-order valence-corrected chi connectivity index (χ1v) is 6.08. The van der Waals surface area contributed by atoms with E-state index in [0.717, 1.165) is 0 Å². The molecule has 8 nitrogen and oxygen atoms in total. The molecule has 1 fully saturated rings. The monoisotopic (exact) mass is 279 g/mol. The average Bonchev–Trinajstić information content (AvgIpc) is 2.74. The van der Waals surface area contributed by atoms with Gasteiger partial charge < -0.3 is 25.0 Å². The Morgan fingerprint density at radius 3 is 2.70 bits per heavy atom. The second-order valence-electron chi connectivity index (χ2n) is 4.60. The maximum absolute atomic E-state index is 12.0.